The number of para-hydroxylation sites is 2. The van der Waals surface area contributed by atoms with E-state index >= 15 is 0 Å². The van der Waals surface area contributed by atoms with Crippen LogP contribution >= 0.6 is 0 Å². The zero-order valence-corrected chi connectivity index (χ0v) is 25.9. The number of allylic oxidation sites excluding steroid dienone is 1. The van der Waals surface area contributed by atoms with Crippen LogP contribution in [0.1, 0.15) is 47.8 Å². The molecule has 220 valence electrons. The van der Waals surface area contributed by atoms with Crippen molar-refractivity contribution in [2.24, 2.45) is 4.99 Å². The molecule has 1 aliphatic carbocycles. The van der Waals surface area contributed by atoms with Gasteiger partial charge in [0.05, 0.1) is 16.7 Å². The number of hydrogen-bond acceptors (Lipinski definition) is 2. The van der Waals surface area contributed by atoms with Crippen molar-refractivity contribution in [3.05, 3.63) is 179 Å². The molecule has 46 heavy (non-hydrogen) atoms. The topological polar surface area (TPSA) is 29.3 Å². The van der Waals surface area contributed by atoms with Crippen LogP contribution in [0.5, 0.6) is 0 Å². The summed E-state index contributed by atoms with van der Waals surface area (Å²) in [7, 11) is 0. The van der Waals surface area contributed by atoms with E-state index in [1.165, 1.54) is 44.1 Å². The summed E-state index contributed by atoms with van der Waals surface area (Å²) in [6, 6.07) is 52.4. The maximum Gasteiger partial charge on any atom is 0.145 e. The first-order valence-corrected chi connectivity index (χ1v) is 16.0. The first-order valence-electron chi connectivity index (χ1n) is 16.0. The molecule has 6 aromatic carbocycles. The van der Waals surface area contributed by atoms with Gasteiger partial charge in [-0.15, -0.1) is 0 Å². The Balaban J connectivity index is 1.14. The molecule has 0 spiro atoms. The van der Waals surface area contributed by atoms with Gasteiger partial charge < -0.3 is 9.88 Å². The zero-order valence-electron chi connectivity index (χ0n) is 25.9. The first-order chi connectivity index (χ1) is 22.6. The van der Waals surface area contributed by atoms with Crippen LogP contribution in [-0.4, -0.2) is 10.3 Å². The minimum atomic E-state index is -0.188. The van der Waals surface area contributed by atoms with Gasteiger partial charge in [0.1, 0.15) is 6.17 Å². The third kappa shape index (κ3) is 4.09. The second-order valence-corrected chi connectivity index (χ2v) is 12.9. The fourth-order valence-electron chi connectivity index (χ4n) is 7.51. The van der Waals surface area contributed by atoms with E-state index in [4.69, 9.17) is 4.99 Å². The molecule has 3 nitrogen and oxygen atoms in total. The number of nitrogens with zero attached hydrogens (tertiary/aromatic N) is 2. The summed E-state index contributed by atoms with van der Waals surface area (Å²) >= 11 is 0. The van der Waals surface area contributed by atoms with Crippen molar-refractivity contribution in [2.75, 3.05) is 0 Å². The monoisotopic (exact) mass is 591 g/mol. The van der Waals surface area contributed by atoms with Crippen molar-refractivity contribution in [3.63, 3.8) is 0 Å². The van der Waals surface area contributed by atoms with Crippen LogP contribution < -0.4 is 5.32 Å². The highest BCUT2D eigenvalue weighted by Gasteiger charge is 2.35. The molecular weight excluding hydrogens is 558 g/mol. The second kappa shape index (κ2) is 10.2. The average molecular weight is 592 g/mol. The molecule has 2 aliphatic rings. The molecule has 7 aromatic rings. The van der Waals surface area contributed by atoms with Gasteiger partial charge in [-0.3, -0.25) is 4.99 Å². The minimum absolute atomic E-state index is 0.0660. The summed E-state index contributed by atoms with van der Waals surface area (Å²) in [5.74, 6) is 0. The van der Waals surface area contributed by atoms with Gasteiger partial charge in [0.2, 0.25) is 0 Å². The van der Waals surface area contributed by atoms with E-state index in [0.29, 0.717) is 0 Å². The lowest BCUT2D eigenvalue weighted by Gasteiger charge is -2.26. The van der Waals surface area contributed by atoms with Crippen LogP contribution in [0.25, 0.3) is 44.3 Å². The van der Waals surface area contributed by atoms with Gasteiger partial charge in [0, 0.05) is 33.1 Å². The minimum Gasteiger partial charge on any atom is -0.360 e. The molecule has 0 saturated carbocycles. The number of nitrogens with one attached hydrogen (secondary N) is 1. The van der Waals surface area contributed by atoms with Crippen LogP contribution in [-0.2, 0) is 5.41 Å². The molecule has 0 saturated heterocycles. The lowest BCUT2D eigenvalue weighted by Crippen LogP contribution is -2.25. The molecule has 0 fully saturated rings. The first kappa shape index (κ1) is 26.7. The average Bonchev–Trinajstić information content (AvgIpc) is 3.57. The van der Waals surface area contributed by atoms with Crippen molar-refractivity contribution in [3.8, 4) is 16.8 Å². The van der Waals surface area contributed by atoms with E-state index in [-0.39, 0.29) is 11.6 Å². The van der Waals surface area contributed by atoms with E-state index in [9.17, 15) is 0 Å². The Kier molecular flexibility index (Phi) is 5.91. The highest BCUT2D eigenvalue weighted by Crippen LogP contribution is 2.49. The predicted octanol–water partition coefficient (Wildman–Crippen LogP) is 10.2. The summed E-state index contributed by atoms with van der Waals surface area (Å²) in [5, 5.41) is 6.29. The van der Waals surface area contributed by atoms with E-state index < -0.39 is 0 Å². The highest BCUT2D eigenvalue weighted by molar-refractivity contribution is 6.13. The SMILES string of the molecule is CC1(C)c2ccccc2-c2ccc(C3=NC(c4ccccc4)NC(c4ccc(-n5c6ccccc6c6ccccc65)cc4)=C3)cc21. The Morgan fingerprint density at radius 1 is 0.587 bits per heavy atom. The van der Waals surface area contributed by atoms with Gasteiger partial charge >= 0.3 is 0 Å². The largest absolute Gasteiger partial charge is 0.360 e. The Bertz CT molecular complexity index is 2300. The van der Waals surface area contributed by atoms with E-state index in [1.807, 2.05) is 0 Å². The normalized spacial score (nSPS) is 16.4. The van der Waals surface area contributed by atoms with Gasteiger partial charge in [0.15, 0.2) is 0 Å². The summed E-state index contributed by atoms with van der Waals surface area (Å²) in [4.78, 5) is 5.27. The molecule has 1 aliphatic heterocycles. The van der Waals surface area contributed by atoms with Gasteiger partial charge in [-0.2, -0.15) is 0 Å². The standard InChI is InChI=1S/C43H33N3/c1-43(2)36-17-9-6-14-32(36)33-25-22-30(26-37(33)43)39-27-38(44-42(45-39)29-12-4-3-5-13-29)28-20-23-31(24-21-28)46-40-18-10-7-15-34(40)35-16-8-11-19-41(35)46/h3-27,42,44H,1-2H3. The number of hydrogen-bond donors (Lipinski definition) is 1. The molecule has 0 radical (unpaired) electrons. The molecule has 9 rings (SSSR count). The Hall–Kier alpha value is -5.67. The predicted molar refractivity (Wildman–Crippen MR) is 192 cm³/mol. The smallest absolute Gasteiger partial charge is 0.145 e. The quantitative estimate of drug-likeness (QED) is 0.217. The fourth-order valence-corrected chi connectivity index (χ4v) is 7.51. The third-order valence-electron chi connectivity index (χ3n) is 9.85. The van der Waals surface area contributed by atoms with Gasteiger partial charge in [-0.05, 0) is 69.8 Å². The second-order valence-electron chi connectivity index (χ2n) is 12.9. The van der Waals surface area contributed by atoms with Crippen molar-refractivity contribution in [2.45, 2.75) is 25.4 Å². The Morgan fingerprint density at radius 2 is 1.20 bits per heavy atom. The summed E-state index contributed by atoms with van der Waals surface area (Å²) in [6.45, 7) is 4.66. The highest BCUT2D eigenvalue weighted by atomic mass is 15.1. The molecule has 1 aromatic heterocycles. The van der Waals surface area contributed by atoms with Crippen molar-refractivity contribution >= 4 is 33.2 Å². The number of aromatic nitrogens is 1. The maximum atomic E-state index is 5.27. The number of benzene rings is 6. The van der Waals surface area contributed by atoms with E-state index in [1.54, 1.807) is 0 Å². The molecule has 1 N–H and O–H groups in total. The summed E-state index contributed by atoms with van der Waals surface area (Å²) in [5.41, 5.74) is 14.4. The van der Waals surface area contributed by atoms with Gasteiger partial charge in [0.25, 0.3) is 0 Å². The summed E-state index contributed by atoms with van der Waals surface area (Å²) < 4.78 is 2.36. The molecule has 0 amide bonds. The van der Waals surface area contributed by atoms with Crippen molar-refractivity contribution in [1.82, 2.24) is 9.88 Å². The van der Waals surface area contributed by atoms with Crippen LogP contribution in [0.3, 0.4) is 0 Å². The molecular formula is C43H33N3. The Labute approximate surface area is 269 Å². The molecule has 3 heteroatoms. The van der Waals surface area contributed by atoms with Crippen molar-refractivity contribution < 1.29 is 0 Å². The summed E-state index contributed by atoms with van der Waals surface area (Å²) in [6.07, 6.45) is 2.03. The van der Waals surface area contributed by atoms with E-state index in [2.05, 4.69) is 175 Å². The van der Waals surface area contributed by atoms with Crippen molar-refractivity contribution in [1.29, 1.82) is 0 Å². The van der Waals surface area contributed by atoms with Crippen LogP contribution in [0.2, 0.25) is 0 Å². The van der Waals surface area contributed by atoms with E-state index in [0.717, 1.165) is 33.8 Å². The van der Waals surface area contributed by atoms with Gasteiger partial charge in [-0.1, -0.05) is 129 Å². The van der Waals surface area contributed by atoms with Crippen LogP contribution in [0.4, 0.5) is 0 Å². The van der Waals surface area contributed by atoms with Crippen LogP contribution in [0, 0.1) is 0 Å². The molecule has 0 bridgehead atoms. The molecule has 1 unspecified atom stereocenters. The zero-order chi connectivity index (χ0) is 30.8. The van der Waals surface area contributed by atoms with Gasteiger partial charge in [-0.25, -0.2) is 0 Å². The number of aliphatic imine (C=N–C) groups is 1. The number of fused-ring (bicyclic) bond motifs is 6. The molecule has 2 heterocycles. The Morgan fingerprint density at radius 3 is 1.93 bits per heavy atom. The fraction of sp³-hybridized carbons (Fsp3) is 0.0930. The molecule has 1 atom stereocenters. The maximum absolute atomic E-state index is 5.27. The van der Waals surface area contributed by atoms with Crippen LogP contribution in [0.15, 0.2) is 157 Å². The number of rotatable bonds is 4. The lowest BCUT2D eigenvalue weighted by molar-refractivity contribution is 0.658. The lowest BCUT2D eigenvalue weighted by atomic mass is 9.81. The third-order valence-corrected chi connectivity index (χ3v) is 9.85.